The van der Waals surface area contributed by atoms with Crippen molar-refractivity contribution in [1.29, 1.82) is 0 Å². The average Bonchev–Trinajstić information content (AvgIpc) is 3.10. The number of ketones is 1. The van der Waals surface area contributed by atoms with Crippen LogP contribution in [0.1, 0.15) is 28.0 Å². The first kappa shape index (κ1) is 18.7. The van der Waals surface area contributed by atoms with Gasteiger partial charge in [-0.3, -0.25) is 9.78 Å². The van der Waals surface area contributed by atoms with Crippen molar-refractivity contribution in [2.45, 2.75) is 18.8 Å². The maximum atomic E-state index is 12.9. The van der Waals surface area contributed by atoms with Gasteiger partial charge < -0.3 is 10.2 Å². The Morgan fingerprint density at radius 1 is 1.22 bits per heavy atom. The van der Waals surface area contributed by atoms with Gasteiger partial charge in [-0.1, -0.05) is 36.4 Å². The Kier molecular flexibility index (Phi) is 5.30. The molecule has 27 heavy (non-hydrogen) atoms. The zero-order valence-corrected chi connectivity index (χ0v) is 14.4. The summed E-state index contributed by atoms with van der Waals surface area (Å²) >= 11 is 0. The van der Waals surface area contributed by atoms with E-state index in [0.29, 0.717) is 13.0 Å². The third kappa shape index (κ3) is 4.19. The van der Waals surface area contributed by atoms with Crippen LogP contribution in [0.15, 0.2) is 67.5 Å². The van der Waals surface area contributed by atoms with E-state index >= 15 is 0 Å². The Morgan fingerprint density at radius 2 is 1.96 bits per heavy atom. The van der Waals surface area contributed by atoms with E-state index in [4.69, 9.17) is 0 Å². The molecule has 7 heteroatoms. The van der Waals surface area contributed by atoms with Crippen molar-refractivity contribution in [2.75, 3.05) is 6.54 Å². The van der Waals surface area contributed by atoms with Crippen LogP contribution in [0.25, 0.3) is 5.70 Å². The van der Waals surface area contributed by atoms with Gasteiger partial charge in [-0.15, -0.1) is 6.58 Å². The van der Waals surface area contributed by atoms with Crippen LogP contribution in [0.3, 0.4) is 0 Å². The number of rotatable bonds is 6. The fourth-order valence-corrected chi connectivity index (χ4v) is 2.80. The molecule has 2 aromatic rings. The van der Waals surface area contributed by atoms with Crippen LogP contribution in [0, 0.1) is 0 Å². The summed E-state index contributed by atoms with van der Waals surface area (Å²) in [5.41, 5.74) is 0.789. The second-order valence-corrected chi connectivity index (χ2v) is 6.06. The molecule has 2 heterocycles. The van der Waals surface area contributed by atoms with Crippen molar-refractivity contribution < 1.29 is 18.0 Å². The topological polar surface area (TPSA) is 45.2 Å². The molecule has 1 N–H and O–H groups in total. The van der Waals surface area contributed by atoms with Crippen LogP contribution >= 0.6 is 0 Å². The van der Waals surface area contributed by atoms with E-state index in [9.17, 15) is 18.0 Å². The van der Waals surface area contributed by atoms with Gasteiger partial charge in [0.05, 0.1) is 5.70 Å². The lowest BCUT2D eigenvalue weighted by molar-refractivity contribution is -0.141. The molecule has 1 aliphatic rings. The van der Waals surface area contributed by atoms with E-state index in [1.165, 1.54) is 0 Å². The summed E-state index contributed by atoms with van der Waals surface area (Å²) in [6.07, 6.45) is -0.0210. The van der Waals surface area contributed by atoms with Crippen LogP contribution < -0.4 is 5.32 Å². The molecule has 0 radical (unpaired) electrons. The molecule has 140 valence electrons. The van der Waals surface area contributed by atoms with Crippen molar-refractivity contribution >= 4 is 11.5 Å². The summed E-state index contributed by atoms with van der Waals surface area (Å²) in [6.45, 7) is 4.24. The monoisotopic (exact) mass is 373 g/mol. The molecule has 3 rings (SSSR count). The third-order valence-electron chi connectivity index (χ3n) is 4.18. The maximum absolute atomic E-state index is 12.9. The molecule has 0 saturated heterocycles. The van der Waals surface area contributed by atoms with E-state index in [2.05, 4.69) is 16.9 Å². The van der Waals surface area contributed by atoms with Gasteiger partial charge in [-0.05, 0) is 24.1 Å². The SMILES string of the molecule is C=CCCN1C=C(c2ccccc2)NC1C(=O)c1ccc(C(F)(F)F)nc1. The van der Waals surface area contributed by atoms with Crippen LogP contribution in [0.5, 0.6) is 0 Å². The highest BCUT2D eigenvalue weighted by molar-refractivity contribution is 6.01. The molecule has 0 amide bonds. The predicted octanol–water partition coefficient (Wildman–Crippen LogP) is 4.09. The van der Waals surface area contributed by atoms with E-state index in [-0.39, 0.29) is 11.3 Å². The number of alkyl halides is 3. The highest BCUT2D eigenvalue weighted by Crippen LogP contribution is 2.28. The molecule has 0 aliphatic carbocycles. The van der Waals surface area contributed by atoms with Crippen molar-refractivity contribution in [2.24, 2.45) is 0 Å². The molecule has 0 spiro atoms. The normalized spacial score (nSPS) is 16.6. The Hall–Kier alpha value is -3.09. The molecule has 0 saturated carbocycles. The highest BCUT2D eigenvalue weighted by Gasteiger charge is 2.34. The van der Waals surface area contributed by atoms with Crippen molar-refractivity contribution in [3.63, 3.8) is 0 Å². The van der Waals surface area contributed by atoms with Gasteiger partial charge in [0.15, 0.2) is 6.17 Å². The number of carbonyl (C=O) groups is 1. The number of hydrogen-bond acceptors (Lipinski definition) is 4. The number of nitrogens with one attached hydrogen (secondary N) is 1. The van der Waals surface area contributed by atoms with E-state index in [1.54, 1.807) is 6.08 Å². The van der Waals surface area contributed by atoms with Gasteiger partial charge in [0, 0.05) is 24.5 Å². The number of pyridine rings is 1. The zero-order chi connectivity index (χ0) is 19.4. The Bertz CT molecular complexity index is 845. The molecular formula is C20H18F3N3O. The molecule has 0 fully saturated rings. The second-order valence-electron chi connectivity index (χ2n) is 6.06. The maximum Gasteiger partial charge on any atom is 0.433 e. The first-order valence-corrected chi connectivity index (χ1v) is 8.38. The van der Waals surface area contributed by atoms with Gasteiger partial charge >= 0.3 is 6.18 Å². The van der Waals surface area contributed by atoms with E-state index in [0.717, 1.165) is 29.6 Å². The highest BCUT2D eigenvalue weighted by atomic mass is 19.4. The lowest BCUT2D eigenvalue weighted by atomic mass is 10.1. The van der Waals surface area contributed by atoms with Gasteiger partial charge in [-0.2, -0.15) is 13.2 Å². The number of carbonyl (C=O) groups excluding carboxylic acids is 1. The summed E-state index contributed by atoms with van der Waals surface area (Å²) < 4.78 is 38.0. The second kappa shape index (κ2) is 7.65. The molecule has 1 aromatic carbocycles. The van der Waals surface area contributed by atoms with Gasteiger partial charge in [0.2, 0.25) is 5.78 Å². The van der Waals surface area contributed by atoms with Gasteiger partial charge in [-0.25, -0.2) is 0 Å². The number of hydrogen-bond donors (Lipinski definition) is 1. The number of benzene rings is 1. The fourth-order valence-electron chi connectivity index (χ4n) is 2.80. The van der Waals surface area contributed by atoms with Gasteiger partial charge in [0.25, 0.3) is 0 Å². The minimum Gasteiger partial charge on any atom is -0.357 e. The first-order valence-electron chi connectivity index (χ1n) is 8.38. The van der Waals surface area contributed by atoms with Crippen LogP contribution in [0.4, 0.5) is 13.2 Å². The quantitative estimate of drug-likeness (QED) is 0.612. The molecule has 1 aliphatic heterocycles. The average molecular weight is 373 g/mol. The number of nitrogens with zero attached hydrogens (tertiary/aromatic N) is 2. The van der Waals surface area contributed by atoms with Crippen molar-refractivity contribution in [3.05, 3.63) is 84.3 Å². The van der Waals surface area contributed by atoms with Crippen LogP contribution in [0.2, 0.25) is 0 Å². The molecule has 4 nitrogen and oxygen atoms in total. The Labute approximate surface area is 155 Å². The fraction of sp³-hybridized carbons (Fsp3) is 0.200. The molecule has 0 bridgehead atoms. The summed E-state index contributed by atoms with van der Waals surface area (Å²) in [6, 6.07) is 11.5. The minimum absolute atomic E-state index is 0.117. The lowest BCUT2D eigenvalue weighted by Crippen LogP contribution is -2.43. The minimum atomic E-state index is -4.54. The van der Waals surface area contributed by atoms with Gasteiger partial charge in [0.1, 0.15) is 5.69 Å². The summed E-state index contributed by atoms with van der Waals surface area (Å²) in [5, 5.41) is 3.16. The third-order valence-corrected chi connectivity index (χ3v) is 4.18. The molecule has 1 unspecified atom stereocenters. The van der Waals surface area contributed by atoms with E-state index in [1.807, 2.05) is 41.4 Å². The zero-order valence-electron chi connectivity index (χ0n) is 14.4. The van der Waals surface area contributed by atoms with Crippen LogP contribution in [-0.2, 0) is 6.18 Å². The van der Waals surface area contributed by atoms with Crippen molar-refractivity contribution in [3.8, 4) is 0 Å². The number of Topliss-reactive ketones (excluding diaryl/α,β-unsaturated/α-hetero) is 1. The Morgan fingerprint density at radius 3 is 2.56 bits per heavy atom. The summed E-state index contributed by atoms with van der Waals surface area (Å²) in [7, 11) is 0. The summed E-state index contributed by atoms with van der Waals surface area (Å²) in [5.74, 6) is -0.345. The largest absolute Gasteiger partial charge is 0.433 e. The Balaban J connectivity index is 1.83. The number of halogens is 3. The van der Waals surface area contributed by atoms with Crippen LogP contribution in [-0.4, -0.2) is 28.4 Å². The molecule has 1 atom stereocenters. The first-order chi connectivity index (χ1) is 12.9. The smallest absolute Gasteiger partial charge is 0.357 e. The predicted molar refractivity (Wildman–Crippen MR) is 96.4 cm³/mol. The lowest BCUT2D eigenvalue weighted by Gasteiger charge is -2.24. The van der Waals surface area contributed by atoms with Crippen molar-refractivity contribution in [1.82, 2.24) is 15.2 Å². The van der Waals surface area contributed by atoms with E-state index < -0.39 is 18.0 Å². The molecule has 1 aromatic heterocycles. The molecular weight excluding hydrogens is 355 g/mol. The number of aromatic nitrogens is 1. The standard InChI is InChI=1S/C20H18F3N3O/c1-2-3-11-26-13-16(14-7-5-4-6-8-14)25-19(26)18(27)15-9-10-17(24-12-15)20(21,22)23/h2,4-10,12-13,19,25H,1,3,11H2. The summed E-state index contributed by atoms with van der Waals surface area (Å²) in [4.78, 5) is 18.1.